The maximum absolute atomic E-state index is 12.4. The van der Waals surface area contributed by atoms with Crippen molar-refractivity contribution in [3.05, 3.63) is 34.2 Å². The van der Waals surface area contributed by atoms with E-state index >= 15 is 0 Å². The molecule has 2 rings (SSSR count). The van der Waals surface area contributed by atoms with Crippen LogP contribution in [-0.2, 0) is 0 Å². The van der Waals surface area contributed by atoms with Gasteiger partial charge >= 0.3 is 0 Å². The number of amides is 1. The number of hydrogen-bond donors (Lipinski definition) is 1. The number of hydrogen-bond acceptors (Lipinski definition) is 2. The third-order valence-electron chi connectivity index (χ3n) is 3.95. The largest absolute Gasteiger partial charge is 0.351 e. The third kappa shape index (κ3) is 3.58. The fourth-order valence-electron chi connectivity index (χ4n) is 2.69. The molecule has 2 nitrogen and oxygen atoms in total. The number of carbonyl (C=O) groups is 1. The van der Waals surface area contributed by atoms with Crippen molar-refractivity contribution in [3.8, 4) is 0 Å². The number of benzene rings is 1. The van der Waals surface area contributed by atoms with E-state index in [0.29, 0.717) is 34.2 Å². The maximum Gasteiger partial charge on any atom is 0.262 e. The molecule has 0 aliphatic carbocycles. The fraction of sp³-hybridized carbons (Fsp3) is 0.471. The Morgan fingerprint density at radius 1 is 1.19 bits per heavy atom. The molecule has 0 saturated carbocycles. The van der Waals surface area contributed by atoms with Crippen LogP contribution in [-0.4, -0.2) is 12.5 Å². The SMILES string of the molecule is CC(C)C(CNC(=O)c1sc2ccccc2c1Cl)C(C)C. The Morgan fingerprint density at radius 3 is 2.38 bits per heavy atom. The summed E-state index contributed by atoms with van der Waals surface area (Å²) in [6.45, 7) is 9.48. The van der Waals surface area contributed by atoms with Gasteiger partial charge in [0.2, 0.25) is 0 Å². The summed E-state index contributed by atoms with van der Waals surface area (Å²) in [5, 5.41) is 4.58. The van der Waals surface area contributed by atoms with E-state index in [9.17, 15) is 4.79 Å². The van der Waals surface area contributed by atoms with Crippen LogP contribution in [0, 0.1) is 17.8 Å². The molecular formula is C17H22ClNOS. The van der Waals surface area contributed by atoms with Crippen LogP contribution in [0.1, 0.15) is 37.4 Å². The van der Waals surface area contributed by atoms with E-state index < -0.39 is 0 Å². The van der Waals surface area contributed by atoms with Crippen molar-refractivity contribution in [2.45, 2.75) is 27.7 Å². The zero-order valence-corrected chi connectivity index (χ0v) is 14.5. The molecular weight excluding hydrogens is 302 g/mol. The minimum absolute atomic E-state index is 0.0625. The Bertz CT molecular complexity index is 625. The average Bonchev–Trinajstić information content (AvgIpc) is 2.76. The Morgan fingerprint density at radius 2 is 1.81 bits per heavy atom. The molecule has 21 heavy (non-hydrogen) atoms. The van der Waals surface area contributed by atoms with Gasteiger partial charge in [-0.25, -0.2) is 0 Å². The monoisotopic (exact) mass is 323 g/mol. The number of fused-ring (bicyclic) bond motifs is 1. The average molecular weight is 324 g/mol. The maximum atomic E-state index is 12.4. The van der Waals surface area contributed by atoms with Crippen LogP contribution in [0.15, 0.2) is 24.3 Å². The minimum Gasteiger partial charge on any atom is -0.351 e. The van der Waals surface area contributed by atoms with Crippen LogP contribution in [0.5, 0.6) is 0 Å². The van der Waals surface area contributed by atoms with E-state index in [1.165, 1.54) is 11.3 Å². The summed E-state index contributed by atoms with van der Waals surface area (Å²) in [5.74, 6) is 1.50. The summed E-state index contributed by atoms with van der Waals surface area (Å²) in [6, 6.07) is 7.85. The number of halogens is 1. The van der Waals surface area contributed by atoms with E-state index in [4.69, 9.17) is 11.6 Å². The van der Waals surface area contributed by atoms with Crippen LogP contribution in [0.25, 0.3) is 10.1 Å². The van der Waals surface area contributed by atoms with Gasteiger partial charge in [0.15, 0.2) is 0 Å². The standard InChI is InChI=1S/C17H22ClNOS/c1-10(2)13(11(3)4)9-19-17(20)16-15(18)12-7-5-6-8-14(12)21-16/h5-8,10-11,13H,9H2,1-4H3,(H,19,20). The third-order valence-corrected chi connectivity index (χ3v) is 5.63. The van der Waals surface area contributed by atoms with Gasteiger partial charge < -0.3 is 5.32 Å². The summed E-state index contributed by atoms with van der Waals surface area (Å²) in [4.78, 5) is 13.0. The minimum atomic E-state index is -0.0625. The van der Waals surface area contributed by atoms with E-state index in [1.54, 1.807) is 0 Å². The molecule has 0 spiro atoms. The summed E-state index contributed by atoms with van der Waals surface area (Å²) in [7, 11) is 0. The summed E-state index contributed by atoms with van der Waals surface area (Å²) in [5.41, 5.74) is 0. The first-order chi connectivity index (χ1) is 9.91. The van der Waals surface area contributed by atoms with Gasteiger partial charge in [-0.3, -0.25) is 4.79 Å². The van der Waals surface area contributed by atoms with Crippen LogP contribution in [0.3, 0.4) is 0 Å². The lowest BCUT2D eigenvalue weighted by Gasteiger charge is -2.24. The van der Waals surface area contributed by atoms with Gasteiger partial charge in [-0.05, 0) is 23.8 Å². The summed E-state index contributed by atoms with van der Waals surface area (Å²) >= 11 is 7.80. The number of carbonyl (C=O) groups excluding carboxylic acids is 1. The Kier molecular flexibility index (Phi) is 5.28. The molecule has 0 fully saturated rings. The van der Waals surface area contributed by atoms with Gasteiger partial charge in [0.05, 0.1) is 5.02 Å². The molecule has 114 valence electrons. The molecule has 1 aromatic carbocycles. The molecule has 1 N–H and O–H groups in total. The van der Waals surface area contributed by atoms with Crippen LogP contribution < -0.4 is 5.32 Å². The van der Waals surface area contributed by atoms with Crippen LogP contribution in [0.4, 0.5) is 0 Å². The number of thiophene rings is 1. The second-order valence-corrected chi connectivity index (χ2v) is 7.53. The van der Waals surface area contributed by atoms with Gasteiger partial charge in [-0.15, -0.1) is 11.3 Å². The molecule has 0 atom stereocenters. The topological polar surface area (TPSA) is 29.1 Å². The van der Waals surface area contributed by atoms with Gasteiger partial charge in [0.1, 0.15) is 4.88 Å². The predicted molar refractivity (Wildman–Crippen MR) is 92.3 cm³/mol. The Balaban J connectivity index is 2.14. The lowest BCUT2D eigenvalue weighted by Crippen LogP contribution is -2.33. The van der Waals surface area contributed by atoms with Gasteiger partial charge in [-0.1, -0.05) is 57.5 Å². The summed E-state index contributed by atoms with van der Waals surface area (Å²) in [6.07, 6.45) is 0. The molecule has 0 bridgehead atoms. The first-order valence-corrected chi connectivity index (χ1v) is 8.56. The molecule has 0 unspecified atom stereocenters. The lowest BCUT2D eigenvalue weighted by molar-refractivity contribution is 0.0941. The molecule has 4 heteroatoms. The van der Waals surface area contributed by atoms with Crippen molar-refractivity contribution < 1.29 is 4.79 Å². The first kappa shape index (κ1) is 16.3. The van der Waals surface area contributed by atoms with Crippen molar-refractivity contribution in [1.82, 2.24) is 5.32 Å². The highest BCUT2D eigenvalue weighted by Crippen LogP contribution is 2.35. The number of rotatable bonds is 5. The van der Waals surface area contributed by atoms with Crippen molar-refractivity contribution in [2.75, 3.05) is 6.54 Å². The van der Waals surface area contributed by atoms with Crippen molar-refractivity contribution >= 4 is 38.9 Å². The molecule has 0 radical (unpaired) electrons. The Hall–Kier alpha value is -1.06. The second-order valence-electron chi connectivity index (χ2n) is 6.10. The zero-order valence-electron chi connectivity index (χ0n) is 12.9. The van der Waals surface area contributed by atoms with Crippen molar-refractivity contribution in [3.63, 3.8) is 0 Å². The molecule has 1 aromatic heterocycles. The van der Waals surface area contributed by atoms with E-state index in [1.807, 2.05) is 24.3 Å². The van der Waals surface area contributed by atoms with E-state index in [-0.39, 0.29) is 5.91 Å². The van der Waals surface area contributed by atoms with E-state index in [0.717, 1.165) is 10.1 Å². The second kappa shape index (κ2) is 6.80. The summed E-state index contributed by atoms with van der Waals surface area (Å²) < 4.78 is 1.05. The Labute approximate surface area is 135 Å². The zero-order chi connectivity index (χ0) is 15.6. The van der Waals surface area contributed by atoms with Crippen molar-refractivity contribution in [2.24, 2.45) is 17.8 Å². The molecule has 2 aromatic rings. The molecule has 1 amide bonds. The first-order valence-electron chi connectivity index (χ1n) is 7.37. The highest BCUT2D eigenvalue weighted by Gasteiger charge is 2.21. The number of nitrogens with one attached hydrogen (secondary N) is 1. The highest BCUT2D eigenvalue weighted by molar-refractivity contribution is 7.21. The van der Waals surface area contributed by atoms with Crippen LogP contribution >= 0.6 is 22.9 Å². The molecule has 0 saturated heterocycles. The van der Waals surface area contributed by atoms with Gasteiger partial charge in [-0.2, -0.15) is 0 Å². The lowest BCUT2D eigenvalue weighted by atomic mass is 9.85. The smallest absolute Gasteiger partial charge is 0.262 e. The highest BCUT2D eigenvalue weighted by atomic mass is 35.5. The normalized spacial score (nSPS) is 11.8. The van der Waals surface area contributed by atoms with Gasteiger partial charge in [0.25, 0.3) is 5.91 Å². The van der Waals surface area contributed by atoms with Crippen LogP contribution in [0.2, 0.25) is 5.02 Å². The molecule has 0 aliphatic heterocycles. The fourth-order valence-corrected chi connectivity index (χ4v) is 4.13. The molecule has 1 heterocycles. The quantitative estimate of drug-likeness (QED) is 0.803. The van der Waals surface area contributed by atoms with Gasteiger partial charge in [0, 0.05) is 16.6 Å². The van der Waals surface area contributed by atoms with E-state index in [2.05, 4.69) is 33.0 Å². The van der Waals surface area contributed by atoms with Crippen molar-refractivity contribution in [1.29, 1.82) is 0 Å². The molecule has 0 aliphatic rings. The predicted octanol–water partition coefficient (Wildman–Crippen LogP) is 5.21.